The summed E-state index contributed by atoms with van der Waals surface area (Å²) in [6.45, 7) is 8.21. The Morgan fingerprint density at radius 1 is 1.09 bits per heavy atom. The summed E-state index contributed by atoms with van der Waals surface area (Å²) in [4.78, 5) is 25.2. The number of hydrogen-bond acceptors (Lipinski definition) is 5. The summed E-state index contributed by atoms with van der Waals surface area (Å²) in [6.07, 6.45) is 0.796. The predicted octanol–water partition coefficient (Wildman–Crippen LogP) is 4.54. The third-order valence-corrected chi connectivity index (χ3v) is 5.80. The van der Waals surface area contributed by atoms with E-state index in [1.807, 2.05) is 31.2 Å². The molecule has 0 aliphatic rings. The van der Waals surface area contributed by atoms with Crippen molar-refractivity contribution in [1.29, 1.82) is 0 Å². The number of rotatable bonds is 5. The van der Waals surface area contributed by atoms with Gasteiger partial charge in [0.15, 0.2) is 0 Å². The summed E-state index contributed by atoms with van der Waals surface area (Å²) in [5.41, 5.74) is 3.23. The zero-order chi connectivity index (χ0) is 23.0. The van der Waals surface area contributed by atoms with Gasteiger partial charge in [0.1, 0.15) is 11.2 Å². The van der Waals surface area contributed by atoms with Gasteiger partial charge < -0.3 is 19.3 Å². The van der Waals surface area contributed by atoms with Gasteiger partial charge in [-0.2, -0.15) is 0 Å². The highest BCUT2D eigenvalue weighted by Crippen LogP contribution is 2.35. The van der Waals surface area contributed by atoms with Crippen LogP contribution in [0.25, 0.3) is 21.9 Å². The number of furan rings is 1. The lowest BCUT2D eigenvalue weighted by atomic mass is 9.86. The molecule has 2 aromatic heterocycles. The molecule has 2 aromatic carbocycles. The molecule has 0 spiro atoms. The fourth-order valence-corrected chi connectivity index (χ4v) is 3.92. The van der Waals surface area contributed by atoms with Crippen LogP contribution < -0.4 is 10.9 Å². The van der Waals surface area contributed by atoms with Gasteiger partial charge in [0.25, 0.3) is 0 Å². The van der Waals surface area contributed by atoms with Gasteiger partial charge in [0.2, 0.25) is 5.91 Å². The average Bonchev–Trinajstić information content (AvgIpc) is 3.18. The normalized spacial score (nSPS) is 12.9. The van der Waals surface area contributed by atoms with E-state index in [1.165, 1.54) is 0 Å². The van der Waals surface area contributed by atoms with Gasteiger partial charge in [-0.1, -0.05) is 51.1 Å². The summed E-state index contributed by atoms with van der Waals surface area (Å²) in [6, 6.07) is 12.8. The quantitative estimate of drug-likeness (QED) is 0.451. The molecule has 0 saturated heterocycles. The molecule has 2 heterocycles. The minimum absolute atomic E-state index is 0.0609. The SMILES string of the molecule is Cc1c(CC(=O)NC[C@@H](O)c2ccccc2)c(=O)oc2cc3occ(C(C)(C)C)c3cc12. The maximum absolute atomic E-state index is 12.6. The number of aliphatic hydroxyl groups excluding tert-OH is 1. The van der Waals surface area contributed by atoms with Crippen LogP contribution in [0.4, 0.5) is 0 Å². The monoisotopic (exact) mass is 433 g/mol. The fourth-order valence-electron chi connectivity index (χ4n) is 3.92. The summed E-state index contributed by atoms with van der Waals surface area (Å²) < 4.78 is 11.2. The van der Waals surface area contributed by atoms with E-state index in [1.54, 1.807) is 24.5 Å². The lowest BCUT2D eigenvalue weighted by Crippen LogP contribution is -2.31. The molecule has 1 amide bonds. The second kappa shape index (κ2) is 8.28. The van der Waals surface area contributed by atoms with Crippen LogP contribution in [0.15, 0.2) is 62.4 Å². The topological polar surface area (TPSA) is 92.7 Å². The molecule has 0 unspecified atom stereocenters. The molecule has 166 valence electrons. The van der Waals surface area contributed by atoms with E-state index in [0.29, 0.717) is 27.9 Å². The van der Waals surface area contributed by atoms with Crippen LogP contribution in [-0.4, -0.2) is 17.6 Å². The molecule has 4 aromatic rings. The number of carbonyl (C=O) groups is 1. The van der Waals surface area contributed by atoms with Crippen molar-refractivity contribution in [3.63, 3.8) is 0 Å². The first-order chi connectivity index (χ1) is 15.1. The standard InChI is InChI=1S/C26H27NO5/c1-15-17-10-19-20(26(2,3)4)14-31-22(19)12-23(17)32-25(30)18(15)11-24(29)27-13-21(28)16-8-6-5-7-9-16/h5-10,12,14,21,28H,11,13H2,1-4H3,(H,27,29)/t21-/m1/s1. The van der Waals surface area contributed by atoms with Crippen LogP contribution in [0.2, 0.25) is 0 Å². The Morgan fingerprint density at radius 3 is 2.50 bits per heavy atom. The Kier molecular flexibility index (Phi) is 5.65. The van der Waals surface area contributed by atoms with Crippen LogP contribution in [-0.2, 0) is 16.6 Å². The van der Waals surface area contributed by atoms with Crippen molar-refractivity contribution in [3.8, 4) is 0 Å². The first-order valence-corrected chi connectivity index (χ1v) is 10.6. The third kappa shape index (κ3) is 4.18. The van der Waals surface area contributed by atoms with Crippen LogP contribution in [0.3, 0.4) is 0 Å². The van der Waals surface area contributed by atoms with E-state index in [-0.39, 0.29) is 24.3 Å². The molecule has 0 fully saturated rings. The van der Waals surface area contributed by atoms with Crippen molar-refractivity contribution in [2.24, 2.45) is 0 Å². The van der Waals surface area contributed by atoms with Crippen LogP contribution in [0.1, 0.15) is 49.1 Å². The number of fused-ring (bicyclic) bond motifs is 2. The number of carbonyl (C=O) groups excluding carboxylic acids is 1. The number of aliphatic hydroxyl groups is 1. The van der Waals surface area contributed by atoms with Crippen molar-refractivity contribution < 1.29 is 18.7 Å². The summed E-state index contributed by atoms with van der Waals surface area (Å²) in [5.74, 6) is -0.352. The molecular weight excluding hydrogens is 406 g/mol. The molecule has 0 saturated carbocycles. The van der Waals surface area contributed by atoms with E-state index in [9.17, 15) is 14.7 Å². The highest BCUT2D eigenvalue weighted by atomic mass is 16.4. The molecule has 2 N–H and O–H groups in total. The first kappa shape index (κ1) is 21.8. The molecule has 1 atom stereocenters. The Hall–Kier alpha value is -3.38. The van der Waals surface area contributed by atoms with Gasteiger partial charge in [-0.3, -0.25) is 4.79 Å². The first-order valence-electron chi connectivity index (χ1n) is 10.6. The zero-order valence-electron chi connectivity index (χ0n) is 18.7. The van der Waals surface area contributed by atoms with Gasteiger partial charge in [-0.15, -0.1) is 0 Å². The highest BCUT2D eigenvalue weighted by Gasteiger charge is 2.22. The molecule has 0 aliphatic carbocycles. The van der Waals surface area contributed by atoms with E-state index in [0.717, 1.165) is 16.3 Å². The molecule has 0 radical (unpaired) electrons. The maximum atomic E-state index is 12.6. The molecule has 0 aliphatic heterocycles. The third-order valence-electron chi connectivity index (χ3n) is 5.80. The zero-order valence-corrected chi connectivity index (χ0v) is 18.7. The lowest BCUT2D eigenvalue weighted by molar-refractivity contribution is -0.120. The number of amides is 1. The second-order valence-electron chi connectivity index (χ2n) is 9.14. The average molecular weight is 434 g/mol. The summed E-state index contributed by atoms with van der Waals surface area (Å²) in [7, 11) is 0. The van der Waals surface area contributed by atoms with Crippen molar-refractivity contribution in [3.05, 3.63) is 81.4 Å². The van der Waals surface area contributed by atoms with Gasteiger partial charge in [-0.05, 0) is 29.5 Å². The van der Waals surface area contributed by atoms with Gasteiger partial charge in [0, 0.05) is 28.9 Å². The number of nitrogens with one attached hydrogen (secondary N) is 1. The van der Waals surface area contributed by atoms with Crippen molar-refractivity contribution in [2.45, 2.75) is 45.6 Å². The summed E-state index contributed by atoms with van der Waals surface area (Å²) >= 11 is 0. The van der Waals surface area contributed by atoms with Crippen molar-refractivity contribution in [1.82, 2.24) is 5.32 Å². The predicted molar refractivity (Wildman–Crippen MR) is 124 cm³/mol. The molecule has 6 heteroatoms. The Morgan fingerprint density at radius 2 is 1.81 bits per heavy atom. The number of benzene rings is 2. The Balaban J connectivity index is 1.61. The minimum atomic E-state index is -0.820. The van der Waals surface area contributed by atoms with Crippen LogP contribution >= 0.6 is 0 Å². The van der Waals surface area contributed by atoms with E-state index in [2.05, 4.69) is 26.1 Å². The van der Waals surface area contributed by atoms with Gasteiger partial charge in [0.05, 0.1) is 24.4 Å². The highest BCUT2D eigenvalue weighted by molar-refractivity contribution is 5.97. The Labute approximate surface area is 185 Å². The fraction of sp³-hybridized carbons (Fsp3) is 0.308. The molecular formula is C26H27NO5. The number of hydrogen-bond donors (Lipinski definition) is 2. The van der Waals surface area contributed by atoms with Crippen LogP contribution in [0, 0.1) is 6.92 Å². The Bertz CT molecular complexity index is 1340. The maximum Gasteiger partial charge on any atom is 0.340 e. The van der Waals surface area contributed by atoms with E-state index >= 15 is 0 Å². The molecule has 32 heavy (non-hydrogen) atoms. The van der Waals surface area contributed by atoms with Crippen molar-refractivity contribution >= 4 is 27.8 Å². The second-order valence-corrected chi connectivity index (χ2v) is 9.14. The van der Waals surface area contributed by atoms with Gasteiger partial charge in [-0.25, -0.2) is 4.79 Å². The van der Waals surface area contributed by atoms with E-state index in [4.69, 9.17) is 8.83 Å². The lowest BCUT2D eigenvalue weighted by Gasteiger charge is -2.16. The molecule has 4 rings (SSSR count). The van der Waals surface area contributed by atoms with Crippen LogP contribution in [0.5, 0.6) is 0 Å². The molecule has 6 nitrogen and oxygen atoms in total. The summed E-state index contributed by atoms with van der Waals surface area (Å²) in [5, 5.41) is 14.7. The smallest absolute Gasteiger partial charge is 0.340 e. The number of aryl methyl sites for hydroxylation is 1. The largest absolute Gasteiger partial charge is 0.464 e. The van der Waals surface area contributed by atoms with E-state index < -0.39 is 11.7 Å². The van der Waals surface area contributed by atoms with Crippen molar-refractivity contribution in [2.75, 3.05) is 6.54 Å². The van der Waals surface area contributed by atoms with Gasteiger partial charge >= 0.3 is 5.63 Å². The molecule has 0 bridgehead atoms. The minimum Gasteiger partial charge on any atom is -0.464 e.